The molecule has 0 radical (unpaired) electrons. The van der Waals surface area contributed by atoms with E-state index in [9.17, 15) is 0 Å². The molecule has 0 amide bonds. The summed E-state index contributed by atoms with van der Waals surface area (Å²) in [6, 6.07) is 2.62. The van der Waals surface area contributed by atoms with Crippen LogP contribution in [0.2, 0.25) is 0 Å². The third-order valence-electron chi connectivity index (χ3n) is 2.14. The fourth-order valence-electron chi connectivity index (χ4n) is 1.40. The second kappa shape index (κ2) is 5.47. The average molecular weight is 299 g/mol. The summed E-state index contributed by atoms with van der Waals surface area (Å²) in [5.74, 6) is 0. The van der Waals surface area contributed by atoms with Crippen molar-refractivity contribution >= 4 is 39.7 Å². The smallest absolute Gasteiger partial charge is 0.0731 e. The summed E-state index contributed by atoms with van der Waals surface area (Å²) < 4.78 is 6.65. The van der Waals surface area contributed by atoms with Crippen molar-refractivity contribution in [3.63, 3.8) is 0 Å². The molecule has 5 heteroatoms. The molecule has 2 heterocycles. The first-order chi connectivity index (χ1) is 6.27. The van der Waals surface area contributed by atoms with Crippen LogP contribution in [0.15, 0.2) is 9.85 Å². The molecule has 0 bridgehead atoms. The van der Waals surface area contributed by atoms with E-state index < -0.39 is 0 Å². The first-order valence-electron chi connectivity index (χ1n) is 4.34. The number of nitrogens with one attached hydrogen (secondary N) is 1. The lowest BCUT2D eigenvalue weighted by Crippen LogP contribution is -2.33. The SMILES string of the molecule is Cc1cc([C@@H]2COCCN2)sc1Br.Cl. The summed E-state index contributed by atoms with van der Waals surface area (Å²) in [6.07, 6.45) is 0. The largest absolute Gasteiger partial charge is 0.378 e. The Kier molecular flexibility index (Phi) is 4.87. The number of hydrogen-bond acceptors (Lipinski definition) is 3. The number of thiophene rings is 1. The predicted molar refractivity (Wildman–Crippen MR) is 65.6 cm³/mol. The van der Waals surface area contributed by atoms with Crippen molar-refractivity contribution in [2.24, 2.45) is 0 Å². The van der Waals surface area contributed by atoms with Gasteiger partial charge in [0.2, 0.25) is 0 Å². The van der Waals surface area contributed by atoms with E-state index in [0.29, 0.717) is 6.04 Å². The molecule has 1 aromatic heterocycles. The molecule has 80 valence electrons. The number of halogens is 2. The molecule has 2 nitrogen and oxygen atoms in total. The quantitative estimate of drug-likeness (QED) is 0.861. The molecule has 0 aliphatic carbocycles. The maximum Gasteiger partial charge on any atom is 0.0731 e. The van der Waals surface area contributed by atoms with Gasteiger partial charge < -0.3 is 10.1 Å². The van der Waals surface area contributed by atoms with E-state index in [0.717, 1.165) is 19.8 Å². The van der Waals surface area contributed by atoms with Gasteiger partial charge in [0.1, 0.15) is 0 Å². The van der Waals surface area contributed by atoms with Gasteiger partial charge >= 0.3 is 0 Å². The van der Waals surface area contributed by atoms with Crippen LogP contribution >= 0.6 is 39.7 Å². The summed E-state index contributed by atoms with van der Waals surface area (Å²) in [5.41, 5.74) is 1.31. The second-order valence-corrected chi connectivity index (χ2v) is 5.59. The Morgan fingerprint density at radius 3 is 2.93 bits per heavy atom. The highest BCUT2D eigenvalue weighted by atomic mass is 79.9. The van der Waals surface area contributed by atoms with E-state index >= 15 is 0 Å². The Balaban J connectivity index is 0.000000980. The molecule has 2 rings (SSSR count). The van der Waals surface area contributed by atoms with Gasteiger partial charge in [-0.1, -0.05) is 0 Å². The molecule has 1 aliphatic rings. The highest BCUT2D eigenvalue weighted by molar-refractivity contribution is 9.11. The predicted octanol–water partition coefficient (Wildman–Crippen LogP) is 2.90. The number of aryl methyl sites for hydroxylation is 1. The van der Waals surface area contributed by atoms with Crippen LogP contribution < -0.4 is 5.32 Å². The van der Waals surface area contributed by atoms with Crippen molar-refractivity contribution in [1.82, 2.24) is 5.32 Å². The topological polar surface area (TPSA) is 21.3 Å². The maximum absolute atomic E-state index is 5.41. The van der Waals surface area contributed by atoms with Crippen molar-refractivity contribution < 1.29 is 4.74 Å². The summed E-state index contributed by atoms with van der Waals surface area (Å²) in [4.78, 5) is 1.36. The zero-order valence-corrected chi connectivity index (χ0v) is 11.1. The van der Waals surface area contributed by atoms with Crippen LogP contribution in [0.25, 0.3) is 0 Å². The summed E-state index contributed by atoms with van der Waals surface area (Å²) >= 11 is 5.33. The highest BCUT2D eigenvalue weighted by Gasteiger charge is 2.17. The van der Waals surface area contributed by atoms with E-state index in [2.05, 4.69) is 34.2 Å². The van der Waals surface area contributed by atoms with Crippen LogP contribution in [0.4, 0.5) is 0 Å². The molecule has 1 N–H and O–H groups in total. The molecule has 0 unspecified atom stereocenters. The van der Waals surface area contributed by atoms with Gasteiger partial charge in [-0.25, -0.2) is 0 Å². The minimum atomic E-state index is 0. The van der Waals surface area contributed by atoms with Gasteiger partial charge in [0, 0.05) is 11.4 Å². The van der Waals surface area contributed by atoms with Crippen LogP contribution in [0.1, 0.15) is 16.5 Å². The Bertz CT molecular complexity index is 280. The first-order valence-corrected chi connectivity index (χ1v) is 5.95. The Hall–Kier alpha value is 0.390. The second-order valence-electron chi connectivity index (χ2n) is 3.19. The summed E-state index contributed by atoms with van der Waals surface area (Å²) in [7, 11) is 0. The third-order valence-corrected chi connectivity index (χ3v) is 4.39. The Labute approximate surface area is 103 Å². The van der Waals surface area contributed by atoms with Crippen molar-refractivity contribution in [3.05, 3.63) is 20.3 Å². The molecular formula is C9H13BrClNOS. The Morgan fingerprint density at radius 1 is 1.64 bits per heavy atom. The van der Waals surface area contributed by atoms with Crippen molar-refractivity contribution in [3.8, 4) is 0 Å². The van der Waals surface area contributed by atoms with Crippen LogP contribution in [0, 0.1) is 6.92 Å². The lowest BCUT2D eigenvalue weighted by molar-refractivity contribution is 0.0779. The Morgan fingerprint density at radius 2 is 2.43 bits per heavy atom. The van der Waals surface area contributed by atoms with Gasteiger partial charge in [0.25, 0.3) is 0 Å². The number of rotatable bonds is 1. The minimum absolute atomic E-state index is 0. The molecule has 1 aromatic rings. The van der Waals surface area contributed by atoms with E-state index in [1.807, 2.05) is 0 Å². The van der Waals surface area contributed by atoms with Gasteiger partial charge in [-0.3, -0.25) is 0 Å². The number of hydrogen-bond donors (Lipinski definition) is 1. The standard InChI is InChI=1S/C9H12BrNOS.ClH/c1-6-4-8(13-9(6)10)7-5-12-3-2-11-7;/h4,7,11H,2-3,5H2,1H3;1H/t7-;/m0./s1. The van der Waals surface area contributed by atoms with Crippen molar-refractivity contribution in [2.45, 2.75) is 13.0 Å². The maximum atomic E-state index is 5.41. The molecular weight excluding hydrogens is 286 g/mol. The number of morpholine rings is 1. The van der Waals surface area contributed by atoms with E-state index in [-0.39, 0.29) is 12.4 Å². The molecule has 0 aromatic carbocycles. The van der Waals surface area contributed by atoms with Crippen LogP contribution in [0.5, 0.6) is 0 Å². The van der Waals surface area contributed by atoms with Gasteiger partial charge in [-0.05, 0) is 34.5 Å². The van der Waals surface area contributed by atoms with Crippen molar-refractivity contribution in [2.75, 3.05) is 19.8 Å². The first kappa shape index (κ1) is 12.5. The van der Waals surface area contributed by atoms with Crippen LogP contribution in [-0.2, 0) is 4.74 Å². The monoisotopic (exact) mass is 297 g/mol. The fraction of sp³-hybridized carbons (Fsp3) is 0.556. The third kappa shape index (κ3) is 2.70. The molecule has 0 saturated carbocycles. The van der Waals surface area contributed by atoms with Gasteiger partial charge in [0.15, 0.2) is 0 Å². The fourth-order valence-corrected chi connectivity index (χ4v) is 3.03. The number of ether oxygens (including phenoxy) is 1. The normalized spacial score (nSPS) is 21.7. The molecule has 1 aliphatic heterocycles. The zero-order valence-electron chi connectivity index (χ0n) is 7.88. The van der Waals surface area contributed by atoms with Gasteiger partial charge in [-0.15, -0.1) is 23.7 Å². The molecule has 14 heavy (non-hydrogen) atoms. The zero-order chi connectivity index (χ0) is 9.26. The average Bonchev–Trinajstić information content (AvgIpc) is 2.49. The lowest BCUT2D eigenvalue weighted by Gasteiger charge is -2.22. The van der Waals surface area contributed by atoms with Crippen LogP contribution in [0.3, 0.4) is 0 Å². The lowest BCUT2D eigenvalue weighted by atomic mass is 10.2. The van der Waals surface area contributed by atoms with E-state index in [1.54, 1.807) is 11.3 Å². The molecule has 0 spiro atoms. The summed E-state index contributed by atoms with van der Waals surface area (Å²) in [6.45, 7) is 4.71. The van der Waals surface area contributed by atoms with Crippen molar-refractivity contribution in [1.29, 1.82) is 0 Å². The van der Waals surface area contributed by atoms with E-state index in [1.165, 1.54) is 14.2 Å². The molecule has 1 atom stereocenters. The van der Waals surface area contributed by atoms with E-state index in [4.69, 9.17) is 4.74 Å². The highest BCUT2D eigenvalue weighted by Crippen LogP contribution is 2.31. The van der Waals surface area contributed by atoms with Gasteiger partial charge in [0.05, 0.1) is 23.0 Å². The minimum Gasteiger partial charge on any atom is -0.378 e. The summed E-state index contributed by atoms with van der Waals surface area (Å²) in [5, 5.41) is 3.44. The van der Waals surface area contributed by atoms with Crippen LogP contribution in [-0.4, -0.2) is 19.8 Å². The molecule has 1 saturated heterocycles. The molecule has 1 fully saturated rings. The van der Waals surface area contributed by atoms with Gasteiger partial charge in [-0.2, -0.15) is 0 Å².